The highest BCUT2D eigenvalue weighted by molar-refractivity contribution is 5.92. The lowest BCUT2D eigenvalue weighted by atomic mass is 10.2. The Balaban J connectivity index is 1.67. The quantitative estimate of drug-likeness (QED) is 0.701. The van der Waals surface area contributed by atoms with Gasteiger partial charge in [0.25, 0.3) is 5.91 Å². The third kappa shape index (κ3) is 4.70. The molecular weight excluding hydrogens is 371 g/mol. The molecule has 1 aromatic heterocycles. The van der Waals surface area contributed by atoms with Crippen LogP contribution in [-0.2, 0) is 19.8 Å². The van der Waals surface area contributed by atoms with Crippen LogP contribution < -0.4 is 10.1 Å². The molecule has 0 spiro atoms. The van der Waals surface area contributed by atoms with Crippen LogP contribution in [0.2, 0.25) is 0 Å². The molecule has 0 bridgehead atoms. The lowest BCUT2D eigenvalue weighted by Crippen LogP contribution is -2.25. The highest BCUT2D eigenvalue weighted by Crippen LogP contribution is 2.32. The predicted octanol–water partition coefficient (Wildman–Crippen LogP) is 4.47. The lowest BCUT2D eigenvalue weighted by Gasteiger charge is -2.11. The molecule has 0 radical (unpaired) electrons. The van der Waals surface area contributed by atoms with Crippen LogP contribution in [0.15, 0.2) is 54.6 Å². The minimum atomic E-state index is -4.43. The number of alkyl halides is 3. The number of benzene rings is 2. The summed E-state index contributed by atoms with van der Waals surface area (Å²) >= 11 is 0. The minimum Gasteiger partial charge on any atom is -0.457 e. The topological polar surface area (TPSA) is 56.1 Å². The molecular formula is C20H18F3N3O2. The van der Waals surface area contributed by atoms with E-state index in [1.807, 2.05) is 0 Å². The number of carbonyl (C=O) groups is 1. The number of nitrogens with one attached hydrogen (secondary N) is 1. The summed E-state index contributed by atoms with van der Waals surface area (Å²) in [5.41, 5.74) is 1.15. The molecule has 0 saturated carbocycles. The number of aromatic nitrogens is 2. The molecule has 0 aliphatic rings. The first-order chi connectivity index (χ1) is 13.2. The molecule has 2 aromatic carbocycles. The van der Waals surface area contributed by atoms with Gasteiger partial charge in [0.2, 0.25) is 0 Å². The van der Waals surface area contributed by atoms with Crippen molar-refractivity contribution >= 4 is 5.91 Å². The smallest absolute Gasteiger partial charge is 0.416 e. The van der Waals surface area contributed by atoms with Crippen LogP contribution in [0.4, 0.5) is 13.2 Å². The first-order valence-corrected chi connectivity index (χ1v) is 8.45. The molecule has 28 heavy (non-hydrogen) atoms. The Morgan fingerprint density at radius 1 is 1.11 bits per heavy atom. The van der Waals surface area contributed by atoms with Gasteiger partial charge in [-0.25, -0.2) is 0 Å². The third-order valence-electron chi connectivity index (χ3n) is 3.98. The third-order valence-corrected chi connectivity index (χ3v) is 3.98. The molecule has 3 rings (SSSR count). The van der Waals surface area contributed by atoms with E-state index in [2.05, 4.69) is 10.4 Å². The molecule has 0 unspecified atom stereocenters. The Morgan fingerprint density at radius 2 is 1.79 bits per heavy atom. The maximum Gasteiger partial charge on any atom is 0.416 e. The normalized spacial score (nSPS) is 11.3. The van der Waals surface area contributed by atoms with Crippen LogP contribution in [0, 0.1) is 6.92 Å². The van der Waals surface area contributed by atoms with Crippen molar-refractivity contribution in [3.63, 3.8) is 0 Å². The van der Waals surface area contributed by atoms with Crippen molar-refractivity contribution in [2.24, 2.45) is 7.05 Å². The summed E-state index contributed by atoms with van der Waals surface area (Å²) in [4.78, 5) is 12.2. The van der Waals surface area contributed by atoms with Crippen LogP contribution >= 0.6 is 0 Å². The number of halogens is 3. The van der Waals surface area contributed by atoms with Gasteiger partial charge in [0, 0.05) is 13.6 Å². The second-order valence-corrected chi connectivity index (χ2v) is 6.25. The van der Waals surface area contributed by atoms with Crippen molar-refractivity contribution in [2.75, 3.05) is 0 Å². The van der Waals surface area contributed by atoms with E-state index in [-0.39, 0.29) is 18.2 Å². The van der Waals surface area contributed by atoms with Gasteiger partial charge in [-0.2, -0.15) is 18.3 Å². The van der Waals surface area contributed by atoms with E-state index in [9.17, 15) is 18.0 Å². The van der Waals surface area contributed by atoms with Gasteiger partial charge < -0.3 is 10.1 Å². The van der Waals surface area contributed by atoms with Crippen molar-refractivity contribution < 1.29 is 22.7 Å². The predicted molar refractivity (Wildman–Crippen MR) is 97.1 cm³/mol. The summed E-state index contributed by atoms with van der Waals surface area (Å²) < 4.78 is 45.5. The van der Waals surface area contributed by atoms with Crippen LogP contribution in [0.3, 0.4) is 0 Å². The zero-order valence-electron chi connectivity index (χ0n) is 15.2. The van der Waals surface area contributed by atoms with Crippen molar-refractivity contribution in [1.82, 2.24) is 15.1 Å². The maximum atomic E-state index is 12.8. The number of hydrogen-bond acceptors (Lipinski definition) is 3. The van der Waals surface area contributed by atoms with Crippen molar-refractivity contribution in [3.8, 4) is 11.5 Å². The molecule has 146 valence electrons. The monoisotopic (exact) mass is 389 g/mol. The Labute approximate surface area is 159 Å². The number of ether oxygens (including phenoxy) is 1. The average molecular weight is 389 g/mol. The van der Waals surface area contributed by atoms with E-state index in [1.54, 1.807) is 44.3 Å². The second-order valence-electron chi connectivity index (χ2n) is 6.25. The van der Waals surface area contributed by atoms with Crippen molar-refractivity contribution in [1.29, 1.82) is 0 Å². The van der Waals surface area contributed by atoms with E-state index in [0.717, 1.165) is 23.4 Å². The fraction of sp³-hybridized carbons (Fsp3) is 0.200. The summed E-state index contributed by atoms with van der Waals surface area (Å²) in [6.07, 6.45) is -4.43. The standard InChI is InChI=1S/C20H18F3N3O2/c1-13-9-18(26(2)25-13)19(27)24-12-14-5-3-7-16(10-14)28-17-8-4-6-15(11-17)20(21,22)23/h3-11H,12H2,1-2H3,(H,24,27). The van der Waals surface area contributed by atoms with Crippen molar-refractivity contribution in [3.05, 3.63) is 77.1 Å². The average Bonchev–Trinajstić information content (AvgIpc) is 2.98. The van der Waals surface area contributed by atoms with Gasteiger partial charge in [0.1, 0.15) is 17.2 Å². The van der Waals surface area contributed by atoms with E-state index >= 15 is 0 Å². The summed E-state index contributed by atoms with van der Waals surface area (Å²) in [5, 5.41) is 6.91. The van der Waals surface area contributed by atoms with E-state index in [0.29, 0.717) is 11.4 Å². The fourth-order valence-electron chi connectivity index (χ4n) is 2.69. The van der Waals surface area contributed by atoms with Crippen LogP contribution in [0.1, 0.15) is 27.3 Å². The summed E-state index contributed by atoms with van der Waals surface area (Å²) in [6.45, 7) is 2.04. The van der Waals surface area contributed by atoms with Gasteiger partial charge in [0.05, 0.1) is 11.3 Å². The first-order valence-electron chi connectivity index (χ1n) is 8.45. The van der Waals surface area contributed by atoms with E-state index < -0.39 is 11.7 Å². The van der Waals surface area contributed by atoms with Crippen LogP contribution in [0.5, 0.6) is 11.5 Å². The minimum absolute atomic E-state index is 0.0846. The molecule has 1 heterocycles. The first kappa shape index (κ1) is 19.5. The zero-order chi connectivity index (χ0) is 20.3. The SMILES string of the molecule is Cc1cc(C(=O)NCc2cccc(Oc3cccc(C(F)(F)F)c3)c2)n(C)n1. The van der Waals surface area contributed by atoms with E-state index in [4.69, 9.17) is 4.74 Å². The molecule has 3 aromatic rings. The van der Waals surface area contributed by atoms with Crippen LogP contribution in [-0.4, -0.2) is 15.7 Å². The second kappa shape index (κ2) is 7.75. The molecule has 1 amide bonds. The number of hydrogen-bond donors (Lipinski definition) is 1. The Hall–Kier alpha value is -3.29. The highest BCUT2D eigenvalue weighted by Gasteiger charge is 2.30. The molecule has 1 N–H and O–H groups in total. The fourth-order valence-corrected chi connectivity index (χ4v) is 2.69. The van der Waals surface area contributed by atoms with Gasteiger partial charge in [-0.05, 0) is 48.9 Å². The number of aryl methyl sites for hydroxylation is 2. The molecule has 0 fully saturated rings. The molecule has 0 aliphatic heterocycles. The van der Waals surface area contributed by atoms with Crippen molar-refractivity contribution in [2.45, 2.75) is 19.6 Å². The van der Waals surface area contributed by atoms with Gasteiger partial charge >= 0.3 is 6.18 Å². The molecule has 0 saturated heterocycles. The number of carbonyl (C=O) groups excluding carboxylic acids is 1. The number of amides is 1. The lowest BCUT2D eigenvalue weighted by molar-refractivity contribution is -0.137. The molecule has 0 aliphatic carbocycles. The van der Waals surface area contributed by atoms with Gasteiger partial charge in [0.15, 0.2) is 0 Å². The Bertz CT molecular complexity index is 996. The van der Waals surface area contributed by atoms with E-state index in [1.165, 1.54) is 16.8 Å². The number of nitrogens with zero attached hydrogens (tertiary/aromatic N) is 2. The summed E-state index contributed by atoms with van der Waals surface area (Å²) in [6, 6.07) is 13.1. The molecule has 5 nitrogen and oxygen atoms in total. The number of rotatable bonds is 5. The summed E-state index contributed by atoms with van der Waals surface area (Å²) in [5.74, 6) is 0.191. The Kier molecular flexibility index (Phi) is 5.39. The maximum absolute atomic E-state index is 12.8. The van der Waals surface area contributed by atoms with Gasteiger partial charge in [-0.1, -0.05) is 18.2 Å². The van der Waals surface area contributed by atoms with Crippen LogP contribution in [0.25, 0.3) is 0 Å². The van der Waals surface area contributed by atoms with Gasteiger partial charge in [-0.3, -0.25) is 9.48 Å². The van der Waals surface area contributed by atoms with Gasteiger partial charge in [-0.15, -0.1) is 0 Å². The highest BCUT2D eigenvalue weighted by atomic mass is 19.4. The molecule has 8 heteroatoms. The largest absolute Gasteiger partial charge is 0.457 e. The molecule has 0 atom stereocenters. The Morgan fingerprint density at radius 3 is 2.43 bits per heavy atom. The summed E-state index contributed by atoms with van der Waals surface area (Å²) in [7, 11) is 1.69. The zero-order valence-corrected chi connectivity index (χ0v) is 15.2.